The molecule has 2 aromatic carbocycles. The Labute approximate surface area is 140 Å². The Morgan fingerprint density at radius 2 is 1.75 bits per heavy atom. The Morgan fingerprint density at radius 3 is 2.42 bits per heavy atom. The predicted molar refractivity (Wildman–Crippen MR) is 93.5 cm³/mol. The smallest absolute Gasteiger partial charge is 0.355 e. The van der Waals surface area contributed by atoms with E-state index in [1.807, 2.05) is 32.0 Å². The quantitative estimate of drug-likeness (QED) is 0.682. The van der Waals surface area contributed by atoms with Gasteiger partial charge < -0.3 is 4.74 Å². The molecule has 122 valence electrons. The Morgan fingerprint density at radius 1 is 1.04 bits per heavy atom. The summed E-state index contributed by atoms with van der Waals surface area (Å²) in [5, 5.41) is 0.891. The molecule has 0 saturated carbocycles. The van der Waals surface area contributed by atoms with Crippen LogP contribution in [0.25, 0.3) is 10.9 Å². The van der Waals surface area contributed by atoms with Crippen LogP contribution in [-0.2, 0) is 4.74 Å². The summed E-state index contributed by atoms with van der Waals surface area (Å²) in [7, 11) is 0. The standard InChI is InChI=1S/C20H19NO3/c1-4-24-20(23)18-12-16-14(3)13(2)10-11-17(16)21(18)19(22)15-8-6-5-7-9-15/h5-12H,4H2,1-3H3. The van der Waals surface area contributed by atoms with Gasteiger partial charge in [-0.05, 0) is 56.2 Å². The summed E-state index contributed by atoms with van der Waals surface area (Å²) in [4.78, 5) is 25.4. The molecule has 0 spiro atoms. The van der Waals surface area contributed by atoms with Crippen molar-refractivity contribution in [1.82, 2.24) is 4.57 Å². The lowest BCUT2D eigenvalue weighted by molar-refractivity contribution is 0.0510. The molecule has 4 heteroatoms. The average Bonchev–Trinajstić information content (AvgIpc) is 2.99. The van der Waals surface area contributed by atoms with Gasteiger partial charge in [-0.1, -0.05) is 24.3 Å². The summed E-state index contributed by atoms with van der Waals surface area (Å²) in [6, 6.07) is 14.5. The number of carbonyl (C=O) groups excluding carboxylic acids is 2. The molecule has 0 N–H and O–H groups in total. The Hall–Kier alpha value is -2.88. The zero-order valence-corrected chi connectivity index (χ0v) is 14.0. The Kier molecular flexibility index (Phi) is 4.21. The first kappa shape index (κ1) is 16.0. The lowest BCUT2D eigenvalue weighted by Crippen LogP contribution is -2.19. The van der Waals surface area contributed by atoms with E-state index in [1.165, 1.54) is 4.57 Å². The number of aromatic nitrogens is 1. The van der Waals surface area contributed by atoms with E-state index in [9.17, 15) is 9.59 Å². The van der Waals surface area contributed by atoms with Crippen LogP contribution in [0, 0.1) is 13.8 Å². The molecule has 1 aromatic heterocycles. The van der Waals surface area contributed by atoms with Crippen molar-refractivity contribution in [3.05, 3.63) is 70.9 Å². The highest BCUT2D eigenvalue weighted by Crippen LogP contribution is 2.27. The minimum absolute atomic E-state index is 0.239. The second-order valence-corrected chi connectivity index (χ2v) is 5.70. The van der Waals surface area contributed by atoms with Gasteiger partial charge >= 0.3 is 5.97 Å². The van der Waals surface area contributed by atoms with E-state index in [0.29, 0.717) is 5.56 Å². The Balaban J connectivity index is 2.27. The fourth-order valence-corrected chi connectivity index (χ4v) is 2.82. The molecular weight excluding hydrogens is 302 g/mol. The SMILES string of the molecule is CCOC(=O)c1cc2c(C)c(C)ccc2n1C(=O)c1ccccc1. The number of hydrogen-bond donors (Lipinski definition) is 0. The summed E-state index contributed by atoms with van der Waals surface area (Å²) in [5.74, 6) is -0.730. The number of hydrogen-bond acceptors (Lipinski definition) is 3. The minimum Gasteiger partial charge on any atom is -0.461 e. The maximum Gasteiger partial charge on any atom is 0.355 e. The molecule has 0 atom stereocenters. The molecule has 24 heavy (non-hydrogen) atoms. The maximum atomic E-state index is 13.0. The minimum atomic E-state index is -0.491. The van der Waals surface area contributed by atoms with Crippen molar-refractivity contribution in [2.24, 2.45) is 0 Å². The second kappa shape index (κ2) is 6.32. The highest BCUT2D eigenvalue weighted by molar-refractivity contribution is 6.08. The van der Waals surface area contributed by atoms with E-state index in [1.54, 1.807) is 37.3 Å². The molecular formula is C20H19NO3. The number of fused-ring (bicyclic) bond motifs is 1. The number of benzene rings is 2. The predicted octanol–water partition coefficient (Wildman–Crippen LogP) is 4.12. The largest absolute Gasteiger partial charge is 0.461 e. The van der Waals surface area contributed by atoms with Crippen molar-refractivity contribution in [3.63, 3.8) is 0 Å². The van der Waals surface area contributed by atoms with E-state index in [-0.39, 0.29) is 18.2 Å². The highest BCUT2D eigenvalue weighted by atomic mass is 16.5. The van der Waals surface area contributed by atoms with Crippen LogP contribution in [0.1, 0.15) is 38.9 Å². The number of esters is 1. The van der Waals surface area contributed by atoms with Crippen LogP contribution in [0.5, 0.6) is 0 Å². The zero-order valence-electron chi connectivity index (χ0n) is 14.0. The van der Waals surface area contributed by atoms with Gasteiger partial charge in [-0.3, -0.25) is 9.36 Å². The van der Waals surface area contributed by atoms with Crippen molar-refractivity contribution >= 4 is 22.8 Å². The number of rotatable bonds is 3. The zero-order chi connectivity index (χ0) is 17.3. The first-order chi connectivity index (χ1) is 11.5. The van der Waals surface area contributed by atoms with E-state index in [2.05, 4.69) is 0 Å². The molecule has 0 aliphatic rings. The van der Waals surface area contributed by atoms with Crippen LogP contribution in [0.15, 0.2) is 48.5 Å². The molecule has 0 fully saturated rings. The van der Waals surface area contributed by atoms with Crippen LogP contribution in [0.4, 0.5) is 0 Å². The summed E-state index contributed by atoms with van der Waals surface area (Å²) in [6.07, 6.45) is 0. The van der Waals surface area contributed by atoms with Gasteiger partial charge in [-0.2, -0.15) is 0 Å². The highest BCUT2D eigenvalue weighted by Gasteiger charge is 2.23. The topological polar surface area (TPSA) is 48.3 Å². The van der Waals surface area contributed by atoms with Gasteiger partial charge in [0.25, 0.3) is 5.91 Å². The molecule has 1 heterocycles. The number of carbonyl (C=O) groups is 2. The normalized spacial score (nSPS) is 10.8. The fraction of sp³-hybridized carbons (Fsp3) is 0.200. The third-order valence-corrected chi connectivity index (χ3v) is 4.23. The molecule has 0 aliphatic heterocycles. The van der Waals surface area contributed by atoms with Crippen molar-refractivity contribution in [2.75, 3.05) is 6.61 Å². The number of aryl methyl sites for hydroxylation is 2. The number of nitrogens with zero attached hydrogens (tertiary/aromatic N) is 1. The molecule has 3 rings (SSSR count). The van der Waals surface area contributed by atoms with Crippen LogP contribution >= 0.6 is 0 Å². The summed E-state index contributed by atoms with van der Waals surface area (Å²) >= 11 is 0. The van der Waals surface area contributed by atoms with Crippen LogP contribution in [0.3, 0.4) is 0 Å². The summed E-state index contributed by atoms with van der Waals surface area (Å²) < 4.78 is 6.60. The first-order valence-corrected chi connectivity index (χ1v) is 7.93. The third kappa shape index (κ3) is 2.60. The fourth-order valence-electron chi connectivity index (χ4n) is 2.82. The van der Waals surface area contributed by atoms with E-state index in [4.69, 9.17) is 4.74 Å². The van der Waals surface area contributed by atoms with Crippen LogP contribution in [0.2, 0.25) is 0 Å². The van der Waals surface area contributed by atoms with E-state index >= 15 is 0 Å². The van der Waals surface area contributed by atoms with Gasteiger partial charge in [0.2, 0.25) is 0 Å². The Bertz CT molecular complexity index is 923. The van der Waals surface area contributed by atoms with E-state index < -0.39 is 5.97 Å². The van der Waals surface area contributed by atoms with Gasteiger partial charge in [0.15, 0.2) is 0 Å². The van der Waals surface area contributed by atoms with Gasteiger partial charge in [-0.25, -0.2) is 4.79 Å². The molecule has 4 nitrogen and oxygen atoms in total. The second-order valence-electron chi connectivity index (χ2n) is 5.70. The van der Waals surface area contributed by atoms with Crippen molar-refractivity contribution < 1.29 is 14.3 Å². The van der Waals surface area contributed by atoms with Crippen molar-refractivity contribution in [2.45, 2.75) is 20.8 Å². The molecule has 0 unspecified atom stereocenters. The van der Waals surface area contributed by atoms with Gasteiger partial charge in [0, 0.05) is 10.9 Å². The number of ether oxygens (including phenoxy) is 1. The monoisotopic (exact) mass is 321 g/mol. The van der Waals surface area contributed by atoms with E-state index in [0.717, 1.165) is 22.0 Å². The lowest BCUT2D eigenvalue weighted by atomic mass is 10.1. The lowest BCUT2D eigenvalue weighted by Gasteiger charge is -2.09. The maximum absolute atomic E-state index is 13.0. The molecule has 0 bridgehead atoms. The first-order valence-electron chi connectivity index (χ1n) is 7.93. The molecule has 0 radical (unpaired) electrons. The average molecular weight is 321 g/mol. The molecule has 0 amide bonds. The van der Waals surface area contributed by atoms with Crippen molar-refractivity contribution in [1.29, 1.82) is 0 Å². The molecule has 0 saturated heterocycles. The van der Waals surface area contributed by atoms with Gasteiger partial charge in [0.05, 0.1) is 12.1 Å². The van der Waals surface area contributed by atoms with Gasteiger partial charge in [0.1, 0.15) is 5.69 Å². The summed E-state index contributed by atoms with van der Waals surface area (Å²) in [6.45, 7) is 6.01. The summed E-state index contributed by atoms with van der Waals surface area (Å²) in [5.41, 5.74) is 3.67. The van der Waals surface area contributed by atoms with Crippen LogP contribution < -0.4 is 0 Å². The van der Waals surface area contributed by atoms with Gasteiger partial charge in [-0.15, -0.1) is 0 Å². The van der Waals surface area contributed by atoms with Crippen molar-refractivity contribution in [3.8, 4) is 0 Å². The molecule has 3 aromatic rings. The van der Waals surface area contributed by atoms with Crippen LogP contribution in [-0.4, -0.2) is 23.1 Å². The molecule has 0 aliphatic carbocycles. The third-order valence-electron chi connectivity index (χ3n) is 4.23.